The van der Waals surface area contributed by atoms with Crippen LogP contribution in [-0.2, 0) is 0 Å². The van der Waals surface area contributed by atoms with Crippen molar-refractivity contribution < 1.29 is 0 Å². The van der Waals surface area contributed by atoms with Crippen LogP contribution < -0.4 is 0 Å². The number of nitrogens with zero attached hydrogens (tertiary/aromatic N) is 2. The number of hydrogen-bond donors (Lipinski definition) is 0. The van der Waals surface area contributed by atoms with Crippen LogP contribution in [0.1, 0.15) is 31.7 Å². The predicted octanol–water partition coefficient (Wildman–Crippen LogP) is 6.86. The third kappa shape index (κ3) is 3.47. The molecular weight excluding hydrogens is 440 g/mol. The first-order valence-electron chi connectivity index (χ1n) is 8.77. The van der Waals surface area contributed by atoms with E-state index in [1.165, 1.54) is 24.1 Å². The Labute approximate surface area is 165 Å². The lowest BCUT2D eigenvalue weighted by Gasteiger charge is -2.27. The number of halogens is 2. The van der Waals surface area contributed by atoms with E-state index >= 15 is 0 Å². The molecule has 1 saturated carbocycles. The summed E-state index contributed by atoms with van der Waals surface area (Å²) >= 11 is 7.63. The summed E-state index contributed by atoms with van der Waals surface area (Å²) in [6.07, 6.45) is 4.74. The number of aromatic nitrogens is 2. The average Bonchev–Trinajstić information content (AvgIpc) is 3.01. The maximum absolute atomic E-state index is 5.06. The summed E-state index contributed by atoms with van der Waals surface area (Å²) in [5.74, 6) is 0. The average molecular weight is 460 g/mol. The third-order valence-electron chi connectivity index (χ3n) is 4.92. The highest BCUT2D eigenvalue weighted by Gasteiger charge is 2.27. The molecule has 0 aliphatic heterocycles. The fourth-order valence-electron chi connectivity index (χ4n) is 3.59. The van der Waals surface area contributed by atoms with E-state index in [-0.39, 0.29) is 0 Å². The molecule has 0 atom stereocenters. The van der Waals surface area contributed by atoms with E-state index in [2.05, 4.69) is 91.1 Å². The van der Waals surface area contributed by atoms with Gasteiger partial charge in [-0.25, -0.2) is 0 Å². The lowest BCUT2D eigenvalue weighted by atomic mass is 9.95. The standard InChI is InChI=1S/C21H20Br2N2/c22-17-11-13-18(14-12-17)25-21(16-9-5-2-6-10-16)19(23)20(24-25)15-7-3-1-4-8-15/h1-10,17-18H,11-14H2. The SMILES string of the molecule is Brc1c(-c2ccccc2)nn(C2CCC(Br)CC2)c1-c1ccccc1. The molecule has 1 heterocycles. The number of hydrogen-bond acceptors (Lipinski definition) is 1. The van der Waals surface area contributed by atoms with E-state index in [9.17, 15) is 0 Å². The molecule has 2 nitrogen and oxygen atoms in total. The van der Waals surface area contributed by atoms with Gasteiger partial charge in [-0.1, -0.05) is 76.6 Å². The van der Waals surface area contributed by atoms with Gasteiger partial charge in [0.2, 0.25) is 0 Å². The lowest BCUT2D eigenvalue weighted by Crippen LogP contribution is -2.19. The molecule has 1 aliphatic rings. The number of alkyl halides is 1. The Morgan fingerprint density at radius 3 is 1.96 bits per heavy atom. The summed E-state index contributed by atoms with van der Waals surface area (Å²) in [4.78, 5) is 0.650. The second-order valence-corrected chi connectivity index (χ2v) is 8.68. The van der Waals surface area contributed by atoms with Crippen LogP contribution >= 0.6 is 31.9 Å². The first kappa shape index (κ1) is 17.0. The minimum atomic E-state index is 0.456. The van der Waals surface area contributed by atoms with Crippen molar-refractivity contribution in [2.75, 3.05) is 0 Å². The van der Waals surface area contributed by atoms with Crippen molar-refractivity contribution in [1.82, 2.24) is 9.78 Å². The Bertz CT molecular complexity index is 835. The number of rotatable bonds is 3. The molecule has 0 amide bonds. The fraction of sp³-hybridized carbons (Fsp3) is 0.286. The minimum Gasteiger partial charge on any atom is -0.260 e. The summed E-state index contributed by atoms with van der Waals surface area (Å²) < 4.78 is 3.35. The first-order valence-corrected chi connectivity index (χ1v) is 10.5. The summed E-state index contributed by atoms with van der Waals surface area (Å²) in [5, 5.41) is 5.06. The van der Waals surface area contributed by atoms with E-state index < -0.39 is 0 Å². The maximum atomic E-state index is 5.06. The van der Waals surface area contributed by atoms with E-state index in [0.717, 1.165) is 28.6 Å². The van der Waals surface area contributed by atoms with Gasteiger partial charge < -0.3 is 0 Å². The zero-order chi connectivity index (χ0) is 17.2. The van der Waals surface area contributed by atoms with Gasteiger partial charge in [0.1, 0.15) is 5.69 Å². The molecular formula is C21H20Br2N2. The highest BCUT2D eigenvalue weighted by atomic mass is 79.9. The highest BCUT2D eigenvalue weighted by Crippen LogP contribution is 2.41. The molecule has 1 fully saturated rings. The second-order valence-electron chi connectivity index (χ2n) is 6.59. The van der Waals surface area contributed by atoms with E-state index in [4.69, 9.17) is 5.10 Å². The monoisotopic (exact) mass is 458 g/mol. The van der Waals surface area contributed by atoms with Crippen molar-refractivity contribution in [2.45, 2.75) is 36.6 Å². The molecule has 4 rings (SSSR count). The molecule has 25 heavy (non-hydrogen) atoms. The van der Waals surface area contributed by atoms with Crippen LogP contribution in [0.15, 0.2) is 65.1 Å². The Hall–Kier alpha value is -1.39. The Morgan fingerprint density at radius 2 is 1.36 bits per heavy atom. The molecule has 128 valence electrons. The number of benzene rings is 2. The summed E-state index contributed by atoms with van der Waals surface area (Å²) in [6.45, 7) is 0. The fourth-order valence-corrected chi connectivity index (χ4v) is 4.84. The van der Waals surface area contributed by atoms with Gasteiger partial charge in [0.25, 0.3) is 0 Å². The predicted molar refractivity (Wildman–Crippen MR) is 111 cm³/mol. The first-order chi connectivity index (χ1) is 12.2. The molecule has 4 heteroatoms. The Morgan fingerprint density at radius 1 is 0.800 bits per heavy atom. The molecule has 0 radical (unpaired) electrons. The van der Waals surface area contributed by atoms with Crippen molar-refractivity contribution in [1.29, 1.82) is 0 Å². The Kier molecular flexibility index (Phi) is 5.09. The lowest BCUT2D eigenvalue weighted by molar-refractivity contribution is 0.340. The molecule has 1 aromatic heterocycles. The molecule has 0 N–H and O–H groups in total. The maximum Gasteiger partial charge on any atom is 0.107 e. The van der Waals surface area contributed by atoms with Crippen LogP contribution in [0.25, 0.3) is 22.5 Å². The summed E-state index contributed by atoms with van der Waals surface area (Å²) in [6, 6.07) is 21.5. The van der Waals surface area contributed by atoms with Crippen molar-refractivity contribution in [3.63, 3.8) is 0 Å². The van der Waals surface area contributed by atoms with Gasteiger partial charge in [-0.15, -0.1) is 0 Å². The van der Waals surface area contributed by atoms with Crippen molar-refractivity contribution in [2.24, 2.45) is 0 Å². The third-order valence-corrected chi connectivity index (χ3v) is 6.59. The molecule has 3 aromatic rings. The van der Waals surface area contributed by atoms with E-state index in [0.29, 0.717) is 10.9 Å². The van der Waals surface area contributed by atoms with Crippen molar-refractivity contribution >= 4 is 31.9 Å². The smallest absolute Gasteiger partial charge is 0.107 e. The van der Waals surface area contributed by atoms with Crippen LogP contribution in [0.5, 0.6) is 0 Å². The highest BCUT2D eigenvalue weighted by molar-refractivity contribution is 9.10. The van der Waals surface area contributed by atoms with Gasteiger partial charge in [-0.3, -0.25) is 4.68 Å². The zero-order valence-corrected chi connectivity index (χ0v) is 17.1. The molecule has 0 saturated heterocycles. The minimum absolute atomic E-state index is 0.456. The largest absolute Gasteiger partial charge is 0.260 e. The van der Waals surface area contributed by atoms with Gasteiger partial charge in [0.05, 0.1) is 16.2 Å². The zero-order valence-electron chi connectivity index (χ0n) is 13.9. The molecule has 0 unspecified atom stereocenters. The van der Waals surface area contributed by atoms with Gasteiger partial charge >= 0.3 is 0 Å². The summed E-state index contributed by atoms with van der Waals surface area (Å²) in [7, 11) is 0. The van der Waals surface area contributed by atoms with Crippen LogP contribution in [0.3, 0.4) is 0 Å². The van der Waals surface area contributed by atoms with Crippen LogP contribution in [0, 0.1) is 0 Å². The van der Waals surface area contributed by atoms with Crippen molar-refractivity contribution in [3.8, 4) is 22.5 Å². The van der Waals surface area contributed by atoms with E-state index in [1.54, 1.807) is 0 Å². The summed E-state index contributed by atoms with van der Waals surface area (Å²) in [5.41, 5.74) is 4.59. The Balaban J connectivity index is 1.84. The van der Waals surface area contributed by atoms with Gasteiger partial charge in [0, 0.05) is 16.0 Å². The molecule has 0 bridgehead atoms. The second kappa shape index (κ2) is 7.46. The van der Waals surface area contributed by atoms with Gasteiger partial charge in [-0.05, 0) is 41.6 Å². The van der Waals surface area contributed by atoms with Gasteiger partial charge in [0.15, 0.2) is 0 Å². The quantitative estimate of drug-likeness (QED) is 0.391. The van der Waals surface area contributed by atoms with E-state index in [1.807, 2.05) is 6.07 Å². The van der Waals surface area contributed by atoms with Crippen LogP contribution in [-0.4, -0.2) is 14.6 Å². The van der Waals surface area contributed by atoms with Gasteiger partial charge in [-0.2, -0.15) is 5.10 Å². The normalized spacial score (nSPS) is 20.6. The van der Waals surface area contributed by atoms with Crippen molar-refractivity contribution in [3.05, 3.63) is 65.1 Å². The molecule has 1 aliphatic carbocycles. The molecule has 0 spiro atoms. The van der Waals surface area contributed by atoms with Crippen LogP contribution in [0.2, 0.25) is 0 Å². The van der Waals surface area contributed by atoms with Crippen LogP contribution in [0.4, 0.5) is 0 Å². The topological polar surface area (TPSA) is 17.8 Å². The molecule has 2 aromatic carbocycles.